The van der Waals surface area contributed by atoms with E-state index in [0.717, 1.165) is 51.1 Å². The van der Waals surface area contributed by atoms with Crippen molar-refractivity contribution >= 4 is 40.0 Å². The Bertz CT molecular complexity index is 782. The van der Waals surface area contributed by atoms with Crippen LogP contribution in [-0.4, -0.2) is 52.9 Å². The minimum absolute atomic E-state index is 0. The van der Waals surface area contributed by atoms with Crippen LogP contribution in [0.3, 0.4) is 0 Å². The van der Waals surface area contributed by atoms with Gasteiger partial charge in [-0.1, -0.05) is 18.6 Å². The van der Waals surface area contributed by atoms with Crippen molar-refractivity contribution in [1.82, 2.24) is 15.4 Å². The van der Waals surface area contributed by atoms with Gasteiger partial charge in [-0.2, -0.15) is 0 Å². The Hall–Kier alpha value is -1.07. The maximum absolute atomic E-state index is 12.1. The van der Waals surface area contributed by atoms with Crippen LogP contribution in [0.25, 0.3) is 0 Å². The molecule has 164 valence electrons. The molecule has 3 N–H and O–H groups in total. The van der Waals surface area contributed by atoms with Crippen molar-refractivity contribution in [2.45, 2.75) is 39.0 Å². The Morgan fingerprint density at radius 2 is 2.10 bits per heavy atom. The first-order valence-electron chi connectivity index (χ1n) is 10.3. The van der Waals surface area contributed by atoms with E-state index in [9.17, 15) is 8.42 Å². The molecule has 0 aromatic heterocycles. The summed E-state index contributed by atoms with van der Waals surface area (Å²) in [6.07, 6.45) is 5.33. The number of ether oxygens (including phenoxy) is 1. The SMILES string of the molecule is CCNC(=NCCS(=O)(=O)NCC1CCC1)NCCc1ccc2c(c1)CCO2.I. The summed E-state index contributed by atoms with van der Waals surface area (Å²) in [4.78, 5) is 4.40. The molecule has 9 heteroatoms. The Balaban J connectivity index is 0.00000300. The number of guanidine groups is 1. The molecule has 0 amide bonds. The van der Waals surface area contributed by atoms with Crippen LogP contribution in [-0.2, 0) is 22.9 Å². The van der Waals surface area contributed by atoms with Gasteiger partial charge in [-0.3, -0.25) is 4.99 Å². The number of nitrogens with zero attached hydrogens (tertiary/aromatic N) is 1. The van der Waals surface area contributed by atoms with Crippen LogP contribution in [0.5, 0.6) is 5.75 Å². The number of benzene rings is 1. The van der Waals surface area contributed by atoms with Crippen molar-refractivity contribution < 1.29 is 13.2 Å². The minimum atomic E-state index is -3.26. The summed E-state index contributed by atoms with van der Waals surface area (Å²) in [6, 6.07) is 6.34. The van der Waals surface area contributed by atoms with Gasteiger partial charge in [0.2, 0.25) is 10.0 Å². The zero-order chi connectivity index (χ0) is 19.8. The molecule has 0 spiro atoms. The molecule has 1 saturated carbocycles. The van der Waals surface area contributed by atoms with Crippen molar-refractivity contribution in [3.8, 4) is 5.75 Å². The van der Waals surface area contributed by atoms with Gasteiger partial charge in [-0.25, -0.2) is 13.1 Å². The average Bonchev–Trinajstić information content (AvgIpc) is 3.08. The molecule has 0 unspecified atom stereocenters. The lowest BCUT2D eigenvalue weighted by atomic mass is 9.86. The van der Waals surface area contributed by atoms with Gasteiger partial charge in [0.05, 0.1) is 18.9 Å². The molecule has 0 saturated heterocycles. The Morgan fingerprint density at radius 3 is 2.83 bits per heavy atom. The fourth-order valence-corrected chi connectivity index (χ4v) is 4.32. The average molecular weight is 536 g/mol. The van der Waals surface area contributed by atoms with Gasteiger partial charge in [-0.15, -0.1) is 24.0 Å². The van der Waals surface area contributed by atoms with Crippen LogP contribution < -0.4 is 20.1 Å². The molecule has 1 aromatic carbocycles. The summed E-state index contributed by atoms with van der Waals surface area (Å²) >= 11 is 0. The quantitative estimate of drug-likeness (QED) is 0.242. The Labute approximate surface area is 191 Å². The number of nitrogens with one attached hydrogen (secondary N) is 3. The van der Waals surface area contributed by atoms with E-state index >= 15 is 0 Å². The third-order valence-electron chi connectivity index (χ3n) is 5.25. The lowest BCUT2D eigenvalue weighted by Crippen LogP contribution is -2.39. The zero-order valence-corrected chi connectivity index (χ0v) is 20.2. The second-order valence-corrected chi connectivity index (χ2v) is 9.37. The first kappa shape index (κ1) is 24.2. The van der Waals surface area contributed by atoms with Gasteiger partial charge in [0.25, 0.3) is 0 Å². The molecule has 1 aliphatic carbocycles. The second-order valence-electron chi connectivity index (χ2n) is 7.44. The molecule has 7 nitrogen and oxygen atoms in total. The molecular weight excluding hydrogens is 503 g/mol. The molecule has 3 rings (SSSR count). The van der Waals surface area contributed by atoms with Gasteiger partial charge >= 0.3 is 0 Å². The molecule has 29 heavy (non-hydrogen) atoms. The zero-order valence-electron chi connectivity index (χ0n) is 17.1. The lowest BCUT2D eigenvalue weighted by molar-refractivity contribution is 0.316. The van der Waals surface area contributed by atoms with Gasteiger partial charge < -0.3 is 15.4 Å². The van der Waals surface area contributed by atoms with E-state index in [-0.39, 0.29) is 36.3 Å². The summed E-state index contributed by atoms with van der Waals surface area (Å²) in [6.45, 7) is 5.04. The van der Waals surface area contributed by atoms with Crippen LogP contribution in [0.15, 0.2) is 23.2 Å². The molecule has 2 aliphatic rings. The number of halogens is 1. The van der Waals surface area contributed by atoms with E-state index < -0.39 is 10.0 Å². The smallest absolute Gasteiger partial charge is 0.213 e. The normalized spacial score (nSPS) is 16.4. The van der Waals surface area contributed by atoms with E-state index in [1.54, 1.807) is 0 Å². The largest absolute Gasteiger partial charge is 0.493 e. The molecule has 1 heterocycles. The Morgan fingerprint density at radius 1 is 1.28 bits per heavy atom. The molecule has 0 bridgehead atoms. The van der Waals surface area contributed by atoms with Crippen LogP contribution >= 0.6 is 24.0 Å². The van der Waals surface area contributed by atoms with Crippen molar-refractivity contribution in [3.05, 3.63) is 29.3 Å². The predicted octanol–water partition coefficient (Wildman–Crippen LogP) is 2.06. The maximum Gasteiger partial charge on any atom is 0.213 e. The standard InChI is InChI=1S/C20H32N4O3S.HI/c1-2-21-20(23-11-13-28(25,26)24-15-17-4-3-5-17)22-10-8-16-6-7-19-18(14-16)9-12-27-19;/h6-7,14,17,24H,2-5,8-13,15H2,1H3,(H2,21,22,23);1H. The van der Waals surface area contributed by atoms with Gasteiger partial charge in [0, 0.05) is 26.1 Å². The van der Waals surface area contributed by atoms with Crippen LogP contribution in [0, 0.1) is 5.92 Å². The van der Waals surface area contributed by atoms with Crippen LogP contribution in [0.2, 0.25) is 0 Å². The highest BCUT2D eigenvalue weighted by atomic mass is 127. The number of hydrogen-bond donors (Lipinski definition) is 3. The first-order chi connectivity index (χ1) is 13.6. The molecule has 0 radical (unpaired) electrons. The number of sulfonamides is 1. The predicted molar refractivity (Wildman–Crippen MR) is 128 cm³/mol. The summed E-state index contributed by atoms with van der Waals surface area (Å²) in [5, 5.41) is 6.45. The summed E-state index contributed by atoms with van der Waals surface area (Å²) in [5.74, 6) is 2.18. The first-order valence-corrected chi connectivity index (χ1v) is 11.9. The number of rotatable bonds is 10. The fourth-order valence-electron chi connectivity index (χ4n) is 3.35. The van der Waals surface area contributed by atoms with E-state index in [2.05, 4.69) is 32.5 Å². The van der Waals surface area contributed by atoms with Crippen LogP contribution in [0.4, 0.5) is 0 Å². The molecule has 1 aliphatic heterocycles. The van der Waals surface area contributed by atoms with E-state index in [0.29, 0.717) is 18.4 Å². The molecular formula is C20H33IN4O3S. The maximum atomic E-state index is 12.1. The molecule has 1 aromatic rings. The molecule has 0 atom stereocenters. The third kappa shape index (κ3) is 7.93. The number of hydrogen-bond acceptors (Lipinski definition) is 4. The van der Waals surface area contributed by atoms with Gasteiger partial charge in [0.1, 0.15) is 5.75 Å². The molecule has 1 fully saturated rings. The summed E-state index contributed by atoms with van der Waals surface area (Å²) < 4.78 is 32.4. The van der Waals surface area contributed by atoms with Gasteiger partial charge in [-0.05, 0) is 49.3 Å². The minimum Gasteiger partial charge on any atom is -0.493 e. The monoisotopic (exact) mass is 536 g/mol. The fraction of sp³-hybridized carbons (Fsp3) is 0.650. The van der Waals surface area contributed by atoms with E-state index in [4.69, 9.17) is 4.74 Å². The topological polar surface area (TPSA) is 91.8 Å². The number of aliphatic imine (C=N–C) groups is 1. The van der Waals surface area contributed by atoms with Crippen molar-refractivity contribution in [1.29, 1.82) is 0 Å². The lowest BCUT2D eigenvalue weighted by Gasteiger charge is -2.25. The highest BCUT2D eigenvalue weighted by Gasteiger charge is 2.20. The van der Waals surface area contributed by atoms with Crippen molar-refractivity contribution in [3.63, 3.8) is 0 Å². The number of fused-ring (bicyclic) bond motifs is 1. The second kappa shape index (κ2) is 11.9. The third-order valence-corrected chi connectivity index (χ3v) is 6.58. The Kier molecular flexibility index (Phi) is 9.97. The van der Waals surface area contributed by atoms with Gasteiger partial charge in [0.15, 0.2) is 5.96 Å². The summed E-state index contributed by atoms with van der Waals surface area (Å²) in [5.41, 5.74) is 2.54. The highest BCUT2D eigenvalue weighted by Crippen LogP contribution is 2.26. The van der Waals surface area contributed by atoms with E-state index in [1.807, 2.05) is 13.0 Å². The van der Waals surface area contributed by atoms with Crippen molar-refractivity contribution in [2.24, 2.45) is 10.9 Å². The van der Waals surface area contributed by atoms with Crippen LogP contribution in [0.1, 0.15) is 37.3 Å². The van der Waals surface area contributed by atoms with E-state index in [1.165, 1.54) is 17.5 Å². The summed E-state index contributed by atoms with van der Waals surface area (Å²) in [7, 11) is -3.26. The highest BCUT2D eigenvalue weighted by molar-refractivity contribution is 14.0. The van der Waals surface area contributed by atoms with Crippen molar-refractivity contribution in [2.75, 3.05) is 38.5 Å².